The number of nitrogens with two attached hydrogens (primary N) is 2. The first kappa shape index (κ1) is 35.0. The Morgan fingerprint density at radius 3 is 2.67 bits per heavy atom. The molecular weight excluding hydrogens is 672 g/mol. The zero-order chi connectivity index (χ0) is 35.0. The Morgan fingerprint density at radius 1 is 1.31 bits per heavy atom. The van der Waals surface area contributed by atoms with E-state index in [2.05, 4.69) is 30.0 Å². The number of oxime groups is 1. The summed E-state index contributed by atoms with van der Waals surface area (Å²) < 4.78 is 41.7. The summed E-state index contributed by atoms with van der Waals surface area (Å²) in [6.45, 7) is 5.71. The van der Waals surface area contributed by atoms with Gasteiger partial charge in [-0.2, -0.15) is 13.5 Å². The van der Waals surface area contributed by atoms with Gasteiger partial charge in [-0.3, -0.25) is 19.1 Å². The van der Waals surface area contributed by atoms with Crippen molar-refractivity contribution in [2.24, 2.45) is 15.9 Å². The van der Waals surface area contributed by atoms with Crippen LogP contribution >= 0.6 is 11.3 Å². The second-order valence-electron chi connectivity index (χ2n) is 12.2. The van der Waals surface area contributed by atoms with Crippen LogP contribution in [0.15, 0.2) is 33.7 Å². The number of benzene rings is 1. The number of carbonyl (C=O) groups excluding carboxylic acids is 2. The third kappa shape index (κ3) is 7.21. The summed E-state index contributed by atoms with van der Waals surface area (Å²) >= 11 is 0.968. The van der Waals surface area contributed by atoms with Gasteiger partial charge in [0.1, 0.15) is 23.3 Å². The number of hydrogen-bond donors (Lipinski definition) is 6. The van der Waals surface area contributed by atoms with E-state index >= 15 is 0 Å². The highest BCUT2D eigenvalue weighted by molar-refractivity contribution is 7.80. The molecule has 0 aliphatic carbocycles. The largest absolute Gasteiger partial charge is 0.485 e. The lowest BCUT2D eigenvalue weighted by molar-refractivity contribution is -0.218. The van der Waals surface area contributed by atoms with E-state index in [9.17, 15) is 27.9 Å². The SMILES string of the molecule is CC(ON=C(C(=O)NC1C(=O)N(OS(=O)(=O)O)C1(C)C)c1csc(N)n1)(C(=O)O)C1CCc2cc(C(N)=NC3CCCNC3)ccc2O1. The predicted molar refractivity (Wildman–Crippen MR) is 171 cm³/mol. The van der Waals surface area contributed by atoms with Gasteiger partial charge in [0.25, 0.3) is 17.4 Å². The number of thiazole rings is 1. The van der Waals surface area contributed by atoms with Crippen LogP contribution in [0, 0.1) is 0 Å². The molecule has 0 bridgehead atoms. The van der Waals surface area contributed by atoms with Crippen LogP contribution in [0.4, 0.5) is 5.13 Å². The lowest BCUT2D eigenvalue weighted by Crippen LogP contribution is -2.76. The van der Waals surface area contributed by atoms with Gasteiger partial charge in [-0.25, -0.2) is 9.78 Å². The zero-order valence-electron chi connectivity index (χ0n) is 26.2. The third-order valence-electron chi connectivity index (χ3n) is 8.36. The Kier molecular flexibility index (Phi) is 9.66. The van der Waals surface area contributed by atoms with Crippen molar-refractivity contribution in [3.8, 4) is 5.75 Å². The van der Waals surface area contributed by atoms with Crippen molar-refractivity contribution in [1.29, 1.82) is 0 Å². The number of ether oxygens (including phenoxy) is 1. The first-order chi connectivity index (χ1) is 22.5. The van der Waals surface area contributed by atoms with Gasteiger partial charge < -0.3 is 36.8 Å². The molecule has 4 heterocycles. The summed E-state index contributed by atoms with van der Waals surface area (Å²) in [6.07, 6.45) is 1.53. The van der Waals surface area contributed by atoms with Crippen LogP contribution in [0.2, 0.25) is 0 Å². The van der Waals surface area contributed by atoms with Crippen LogP contribution in [-0.2, 0) is 40.3 Å². The van der Waals surface area contributed by atoms with E-state index in [1.54, 1.807) is 12.1 Å². The molecule has 3 aliphatic heterocycles. The number of carboxylic acids is 1. The number of β-lactam (4-membered cyclic amide) rings is 1. The molecule has 2 saturated heterocycles. The molecule has 260 valence electrons. The molecule has 3 aliphatic rings. The van der Waals surface area contributed by atoms with Crippen LogP contribution in [0.1, 0.15) is 56.9 Å². The number of nitrogen functional groups attached to an aromatic ring is 1. The first-order valence-corrected chi connectivity index (χ1v) is 17.1. The van der Waals surface area contributed by atoms with Gasteiger partial charge in [-0.05, 0) is 76.8 Å². The number of carbonyl (C=O) groups is 3. The van der Waals surface area contributed by atoms with Crippen LogP contribution in [0.3, 0.4) is 0 Å². The summed E-state index contributed by atoms with van der Waals surface area (Å²) in [7, 11) is -5.03. The third-order valence-corrected chi connectivity index (χ3v) is 9.37. The van der Waals surface area contributed by atoms with Crippen LogP contribution in [0.25, 0.3) is 0 Å². The molecule has 8 N–H and O–H groups in total. The second kappa shape index (κ2) is 13.3. The Labute approximate surface area is 279 Å². The molecule has 0 radical (unpaired) electrons. The number of nitrogens with one attached hydrogen (secondary N) is 2. The summed E-state index contributed by atoms with van der Waals surface area (Å²) in [4.78, 5) is 52.9. The van der Waals surface area contributed by atoms with Gasteiger partial charge >= 0.3 is 16.4 Å². The van der Waals surface area contributed by atoms with Crippen LogP contribution < -0.4 is 26.8 Å². The molecule has 20 heteroatoms. The number of amidine groups is 1. The normalized spacial score (nSPS) is 24.0. The van der Waals surface area contributed by atoms with Gasteiger partial charge in [0.15, 0.2) is 16.9 Å². The second-order valence-corrected chi connectivity index (χ2v) is 14.1. The molecule has 0 spiro atoms. The number of hydroxylamine groups is 2. The lowest BCUT2D eigenvalue weighted by atomic mass is 9.84. The van der Waals surface area contributed by atoms with Crippen LogP contribution in [0.5, 0.6) is 5.75 Å². The van der Waals surface area contributed by atoms with E-state index < -0.39 is 57.2 Å². The number of rotatable bonds is 11. The molecule has 1 aromatic heterocycles. The Hall–Kier alpha value is -4.37. The number of hydrogen-bond acceptors (Lipinski definition) is 14. The fourth-order valence-electron chi connectivity index (χ4n) is 5.55. The number of carboxylic acid groups (broad SMARTS) is 1. The molecule has 2 aromatic rings. The van der Waals surface area contributed by atoms with Crippen molar-refractivity contribution >= 4 is 56.2 Å². The minimum Gasteiger partial charge on any atom is -0.485 e. The Balaban J connectivity index is 1.35. The van der Waals surface area contributed by atoms with E-state index in [0.29, 0.717) is 23.1 Å². The maximum Gasteiger partial charge on any atom is 0.418 e. The molecule has 2 amide bonds. The highest BCUT2D eigenvalue weighted by atomic mass is 32.3. The van der Waals surface area contributed by atoms with Gasteiger partial charge in [0.2, 0.25) is 0 Å². The quantitative estimate of drug-likeness (QED) is 0.0589. The number of amides is 2. The zero-order valence-corrected chi connectivity index (χ0v) is 27.8. The average Bonchev–Trinajstić information content (AvgIpc) is 3.47. The number of nitrogens with zero attached hydrogens (tertiary/aromatic N) is 4. The number of piperidine rings is 1. The van der Waals surface area contributed by atoms with Crippen molar-refractivity contribution in [2.75, 3.05) is 18.8 Å². The van der Waals surface area contributed by atoms with E-state index in [-0.39, 0.29) is 23.3 Å². The van der Waals surface area contributed by atoms with Gasteiger partial charge in [-0.1, -0.05) is 5.16 Å². The van der Waals surface area contributed by atoms with E-state index in [1.165, 1.54) is 26.2 Å². The minimum atomic E-state index is -5.03. The Morgan fingerprint density at radius 2 is 2.06 bits per heavy atom. The van der Waals surface area contributed by atoms with E-state index in [1.807, 2.05) is 6.07 Å². The fraction of sp³-hybridized carbons (Fsp3) is 0.500. The smallest absolute Gasteiger partial charge is 0.418 e. The standard InChI is InChI=1S/C28H36N8O10S2/c1-27(2)21(24(38)36(27)46-48(41,42)43)34-23(37)20(17-13-47-26(30)33-17)35-45-28(3,25(39)40)19-9-7-14-11-15(6-8-18(14)44-19)22(29)32-16-5-4-10-31-12-16/h6,8,11,13,16,19,21,31H,4-5,7,9-10,12H2,1-3H3,(H2,29,32)(H2,30,33)(H,34,37)(H,39,40)(H,41,42,43). The summed E-state index contributed by atoms with van der Waals surface area (Å²) in [5.41, 5.74) is 9.44. The van der Waals surface area contributed by atoms with Gasteiger partial charge in [0, 0.05) is 17.5 Å². The van der Waals surface area contributed by atoms with Crippen molar-refractivity contribution in [3.63, 3.8) is 0 Å². The molecule has 2 fully saturated rings. The number of fused-ring (bicyclic) bond motifs is 1. The van der Waals surface area contributed by atoms with E-state index in [4.69, 9.17) is 25.6 Å². The summed E-state index contributed by atoms with van der Waals surface area (Å²) in [5, 5.41) is 21.7. The first-order valence-electron chi connectivity index (χ1n) is 14.9. The number of aliphatic imine (C=N–C) groups is 1. The average molecular weight is 709 g/mol. The lowest BCUT2D eigenvalue weighted by Gasteiger charge is -2.50. The highest BCUT2D eigenvalue weighted by Crippen LogP contribution is 2.35. The molecular formula is C28H36N8O10S2. The maximum atomic E-state index is 13.4. The molecule has 0 saturated carbocycles. The van der Waals surface area contributed by atoms with Crippen molar-refractivity contribution < 1.29 is 46.3 Å². The fourth-order valence-corrected chi connectivity index (χ4v) is 6.55. The molecule has 48 heavy (non-hydrogen) atoms. The van der Waals surface area contributed by atoms with Crippen molar-refractivity contribution in [2.45, 2.75) is 75.8 Å². The number of aromatic nitrogens is 1. The number of anilines is 1. The number of aliphatic carboxylic acids is 1. The Bertz CT molecular complexity index is 1770. The van der Waals surface area contributed by atoms with Gasteiger partial charge in [-0.15, -0.1) is 15.6 Å². The summed E-state index contributed by atoms with van der Waals surface area (Å²) in [6, 6.07) is 4.05. The maximum absolute atomic E-state index is 13.4. The molecule has 4 unspecified atom stereocenters. The highest BCUT2D eigenvalue weighted by Gasteiger charge is 2.58. The van der Waals surface area contributed by atoms with Crippen molar-refractivity contribution in [3.05, 3.63) is 40.4 Å². The molecule has 18 nitrogen and oxygen atoms in total. The van der Waals surface area contributed by atoms with Crippen LogP contribution in [-0.4, -0.2) is 99.9 Å². The number of aryl methyl sites for hydroxylation is 1. The molecule has 1 aromatic carbocycles. The predicted octanol–water partition coefficient (Wildman–Crippen LogP) is -0.0196. The minimum absolute atomic E-state index is 0.0620. The monoisotopic (exact) mass is 708 g/mol. The molecule has 5 rings (SSSR count). The topological polar surface area (TPSA) is 270 Å². The van der Waals surface area contributed by atoms with Crippen molar-refractivity contribution in [1.82, 2.24) is 20.7 Å². The molecule has 4 atom stereocenters. The summed E-state index contributed by atoms with van der Waals surface area (Å²) in [5.74, 6) is -2.61. The van der Waals surface area contributed by atoms with E-state index in [0.717, 1.165) is 48.4 Å². The van der Waals surface area contributed by atoms with Gasteiger partial charge in [0.05, 0.1) is 11.6 Å².